The van der Waals surface area contributed by atoms with Crippen molar-refractivity contribution in [3.05, 3.63) is 58.3 Å². The summed E-state index contributed by atoms with van der Waals surface area (Å²) in [5.41, 5.74) is 1.53. The fraction of sp³-hybridized carbons (Fsp3) is 0. The Hall–Kier alpha value is -2.39. The standard InChI is InChI=1S/C14H9BrFN3O/c15-12-7-11(5-6-13(12)16)19-14(20)18-10-3-1-9(8-17)2-4-10/h1-7H,(H2,18,19,20). The van der Waals surface area contributed by atoms with Gasteiger partial charge in [-0.2, -0.15) is 5.26 Å². The number of nitrogens with one attached hydrogen (secondary N) is 2. The van der Waals surface area contributed by atoms with Crippen molar-refractivity contribution < 1.29 is 9.18 Å². The van der Waals surface area contributed by atoms with Gasteiger partial charge in [-0.15, -0.1) is 0 Å². The molecule has 0 saturated carbocycles. The zero-order valence-corrected chi connectivity index (χ0v) is 11.7. The van der Waals surface area contributed by atoms with Gasteiger partial charge in [-0.25, -0.2) is 9.18 Å². The van der Waals surface area contributed by atoms with Gasteiger partial charge in [-0.05, 0) is 58.4 Å². The minimum atomic E-state index is -0.451. The molecule has 0 fully saturated rings. The zero-order chi connectivity index (χ0) is 14.5. The van der Waals surface area contributed by atoms with Crippen LogP contribution in [0.4, 0.5) is 20.6 Å². The van der Waals surface area contributed by atoms with Crippen LogP contribution < -0.4 is 10.6 Å². The molecule has 6 heteroatoms. The van der Waals surface area contributed by atoms with Crippen molar-refractivity contribution in [3.8, 4) is 6.07 Å². The molecule has 2 amide bonds. The number of halogens is 2. The summed E-state index contributed by atoms with van der Waals surface area (Å²) in [5.74, 6) is -0.400. The molecule has 0 aliphatic rings. The highest BCUT2D eigenvalue weighted by molar-refractivity contribution is 9.10. The first-order valence-corrected chi connectivity index (χ1v) is 6.41. The fourth-order valence-electron chi connectivity index (χ4n) is 1.50. The number of nitriles is 1. The molecule has 0 unspecified atom stereocenters. The van der Waals surface area contributed by atoms with Crippen LogP contribution in [0.1, 0.15) is 5.56 Å². The van der Waals surface area contributed by atoms with Crippen molar-refractivity contribution in [3.63, 3.8) is 0 Å². The van der Waals surface area contributed by atoms with Crippen LogP contribution in [0, 0.1) is 17.1 Å². The summed E-state index contributed by atoms with van der Waals surface area (Å²) in [5, 5.41) is 13.9. The first-order valence-electron chi connectivity index (χ1n) is 5.62. The highest BCUT2D eigenvalue weighted by Gasteiger charge is 2.05. The molecular weight excluding hydrogens is 325 g/mol. The molecule has 0 aliphatic heterocycles. The molecule has 0 saturated heterocycles. The molecule has 2 aromatic rings. The summed E-state index contributed by atoms with van der Waals surface area (Å²) in [6.45, 7) is 0. The number of rotatable bonds is 2. The molecule has 0 radical (unpaired) electrons. The predicted molar refractivity (Wildman–Crippen MR) is 77.9 cm³/mol. The highest BCUT2D eigenvalue weighted by Crippen LogP contribution is 2.20. The molecule has 0 spiro atoms. The number of nitrogens with zero attached hydrogens (tertiary/aromatic N) is 1. The number of carbonyl (C=O) groups is 1. The maximum atomic E-state index is 13.1. The maximum absolute atomic E-state index is 13.1. The lowest BCUT2D eigenvalue weighted by atomic mass is 10.2. The molecule has 0 bridgehead atoms. The normalized spacial score (nSPS) is 9.65. The Morgan fingerprint density at radius 1 is 1.10 bits per heavy atom. The van der Waals surface area contributed by atoms with Gasteiger partial charge in [0.15, 0.2) is 0 Å². The number of anilines is 2. The predicted octanol–water partition coefficient (Wildman–Crippen LogP) is 4.10. The molecule has 0 aromatic heterocycles. The number of carbonyl (C=O) groups excluding carboxylic acids is 1. The number of amides is 2. The van der Waals surface area contributed by atoms with E-state index in [1.807, 2.05) is 6.07 Å². The van der Waals surface area contributed by atoms with E-state index in [0.717, 1.165) is 0 Å². The molecule has 2 rings (SSSR count). The van der Waals surface area contributed by atoms with E-state index in [4.69, 9.17) is 5.26 Å². The van der Waals surface area contributed by atoms with E-state index in [0.29, 0.717) is 16.9 Å². The average Bonchev–Trinajstić information content (AvgIpc) is 2.44. The van der Waals surface area contributed by atoms with Gasteiger partial charge < -0.3 is 10.6 Å². The smallest absolute Gasteiger partial charge is 0.308 e. The Balaban J connectivity index is 2.01. The highest BCUT2D eigenvalue weighted by atomic mass is 79.9. The molecule has 0 aliphatic carbocycles. The van der Waals surface area contributed by atoms with Gasteiger partial charge in [0.2, 0.25) is 0 Å². The molecule has 2 aromatic carbocycles. The van der Waals surface area contributed by atoms with Gasteiger partial charge in [0.25, 0.3) is 0 Å². The Bertz CT molecular complexity index is 680. The third-order valence-electron chi connectivity index (χ3n) is 2.45. The van der Waals surface area contributed by atoms with Gasteiger partial charge in [-0.3, -0.25) is 0 Å². The average molecular weight is 334 g/mol. The monoisotopic (exact) mass is 333 g/mol. The molecule has 0 atom stereocenters. The Labute approximate surface area is 123 Å². The van der Waals surface area contributed by atoms with Crippen LogP contribution in [-0.4, -0.2) is 6.03 Å². The first-order chi connectivity index (χ1) is 9.58. The lowest BCUT2D eigenvalue weighted by Crippen LogP contribution is -2.19. The Morgan fingerprint density at radius 3 is 2.30 bits per heavy atom. The zero-order valence-electron chi connectivity index (χ0n) is 10.2. The number of hydrogen-bond acceptors (Lipinski definition) is 2. The Kier molecular flexibility index (Phi) is 4.33. The summed E-state index contributed by atoms with van der Waals surface area (Å²) in [6.07, 6.45) is 0. The molecule has 20 heavy (non-hydrogen) atoms. The van der Waals surface area contributed by atoms with Gasteiger partial charge in [0.1, 0.15) is 5.82 Å². The van der Waals surface area contributed by atoms with Crippen molar-refractivity contribution in [1.29, 1.82) is 5.26 Å². The van der Waals surface area contributed by atoms with Gasteiger partial charge >= 0.3 is 6.03 Å². The number of hydrogen-bond donors (Lipinski definition) is 2. The summed E-state index contributed by atoms with van der Waals surface area (Å²) in [7, 11) is 0. The fourth-order valence-corrected chi connectivity index (χ4v) is 1.87. The minimum absolute atomic E-state index is 0.272. The second kappa shape index (κ2) is 6.17. The van der Waals surface area contributed by atoms with Crippen LogP contribution in [-0.2, 0) is 0 Å². The van der Waals surface area contributed by atoms with Crippen molar-refractivity contribution in [2.75, 3.05) is 10.6 Å². The first kappa shape index (κ1) is 14.0. The SMILES string of the molecule is N#Cc1ccc(NC(=O)Nc2ccc(F)c(Br)c2)cc1. The minimum Gasteiger partial charge on any atom is -0.308 e. The molecule has 4 nitrogen and oxygen atoms in total. The molecule has 100 valence electrons. The lowest BCUT2D eigenvalue weighted by Gasteiger charge is -2.08. The largest absolute Gasteiger partial charge is 0.323 e. The van der Waals surface area contributed by atoms with Crippen LogP contribution >= 0.6 is 15.9 Å². The number of urea groups is 1. The van der Waals surface area contributed by atoms with E-state index in [1.165, 1.54) is 18.2 Å². The molecule has 0 heterocycles. The summed E-state index contributed by atoms with van der Waals surface area (Å²) in [4.78, 5) is 11.7. The van der Waals surface area contributed by atoms with Gasteiger partial charge in [-0.1, -0.05) is 0 Å². The van der Waals surface area contributed by atoms with E-state index in [2.05, 4.69) is 26.6 Å². The van der Waals surface area contributed by atoms with Crippen LogP contribution in [0.2, 0.25) is 0 Å². The summed E-state index contributed by atoms with van der Waals surface area (Å²) >= 11 is 3.04. The van der Waals surface area contributed by atoms with Crippen molar-refractivity contribution in [2.24, 2.45) is 0 Å². The van der Waals surface area contributed by atoms with E-state index >= 15 is 0 Å². The van der Waals surface area contributed by atoms with E-state index in [1.54, 1.807) is 24.3 Å². The van der Waals surface area contributed by atoms with Crippen molar-refractivity contribution >= 4 is 33.3 Å². The van der Waals surface area contributed by atoms with Gasteiger partial charge in [0.05, 0.1) is 16.1 Å². The van der Waals surface area contributed by atoms with Crippen molar-refractivity contribution in [2.45, 2.75) is 0 Å². The lowest BCUT2D eigenvalue weighted by molar-refractivity contribution is 0.262. The van der Waals surface area contributed by atoms with E-state index < -0.39 is 11.8 Å². The third kappa shape index (κ3) is 3.56. The summed E-state index contributed by atoms with van der Waals surface area (Å²) < 4.78 is 13.3. The van der Waals surface area contributed by atoms with Gasteiger partial charge in [0, 0.05) is 11.4 Å². The Morgan fingerprint density at radius 2 is 1.70 bits per heavy atom. The van der Waals surface area contributed by atoms with Crippen LogP contribution in [0.5, 0.6) is 0 Å². The van der Waals surface area contributed by atoms with E-state index in [-0.39, 0.29) is 4.47 Å². The maximum Gasteiger partial charge on any atom is 0.323 e. The molecule has 2 N–H and O–H groups in total. The van der Waals surface area contributed by atoms with Crippen LogP contribution in [0.3, 0.4) is 0 Å². The third-order valence-corrected chi connectivity index (χ3v) is 3.06. The number of benzene rings is 2. The van der Waals surface area contributed by atoms with Crippen LogP contribution in [0.25, 0.3) is 0 Å². The van der Waals surface area contributed by atoms with E-state index in [9.17, 15) is 9.18 Å². The molecular formula is C14H9BrFN3O. The second-order valence-electron chi connectivity index (χ2n) is 3.90. The quantitative estimate of drug-likeness (QED) is 0.868. The second-order valence-corrected chi connectivity index (χ2v) is 4.75. The van der Waals surface area contributed by atoms with Crippen LogP contribution in [0.15, 0.2) is 46.9 Å². The van der Waals surface area contributed by atoms with Crippen molar-refractivity contribution in [1.82, 2.24) is 0 Å². The summed E-state index contributed by atoms with van der Waals surface area (Å²) in [6, 6.07) is 12.2. The topological polar surface area (TPSA) is 64.9 Å².